The molecule has 0 aromatic heterocycles. The quantitative estimate of drug-likeness (QED) is 0.0706. The lowest BCUT2D eigenvalue weighted by Crippen LogP contribution is -2.17. The van der Waals surface area contributed by atoms with Gasteiger partial charge in [0.15, 0.2) is 0 Å². The van der Waals surface area contributed by atoms with Gasteiger partial charge in [-0.05, 0) is 181 Å². The first-order valence-corrected chi connectivity index (χ1v) is 27.5. The molecule has 0 atom stereocenters. The smallest absolute Gasteiger partial charge is 0.123 e. The molecule has 8 heteroatoms. The van der Waals surface area contributed by atoms with Gasteiger partial charge in [-0.15, -0.1) is 0 Å². The van der Waals surface area contributed by atoms with Crippen molar-refractivity contribution in [3.63, 3.8) is 0 Å². The van der Waals surface area contributed by atoms with Crippen LogP contribution in [0.25, 0.3) is 32.3 Å². The molecule has 394 valence electrons. The van der Waals surface area contributed by atoms with Crippen LogP contribution in [-0.4, -0.2) is 0 Å². The van der Waals surface area contributed by atoms with Gasteiger partial charge in [0.2, 0.25) is 0 Å². The van der Waals surface area contributed by atoms with Crippen LogP contribution in [0, 0.1) is 23.3 Å². The monoisotopic (exact) mass is 1050 g/mol. The maximum atomic E-state index is 15.2. The predicted octanol–water partition coefficient (Wildman–Crippen LogP) is 21.3. The van der Waals surface area contributed by atoms with Gasteiger partial charge in [0.1, 0.15) is 23.3 Å². The van der Waals surface area contributed by atoms with Crippen LogP contribution in [0.15, 0.2) is 231 Å². The highest BCUT2D eigenvalue weighted by molar-refractivity contribution is 6.33. The summed E-state index contributed by atoms with van der Waals surface area (Å²) in [6.45, 7) is 8.58. The second-order valence-electron chi connectivity index (χ2n) is 20.1. The largest absolute Gasteiger partial charge is 0.310 e. The van der Waals surface area contributed by atoms with E-state index in [1.807, 2.05) is 72.8 Å². The van der Waals surface area contributed by atoms with Gasteiger partial charge in [-0.25, -0.2) is 17.6 Å². The van der Waals surface area contributed by atoms with Gasteiger partial charge in [-0.2, -0.15) is 0 Å². The minimum atomic E-state index is -0.349. The van der Waals surface area contributed by atoms with Crippen LogP contribution in [0.1, 0.15) is 49.9 Å². The molecule has 12 rings (SSSR count). The zero-order valence-electron chi connectivity index (χ0n) is 45.1. The zero-order valence-corrected chi connectivity index (χ0v) is 45.1. The van der Waals surface area contributed by atoms with Gasteiger partial charge in [-0.3, -0.25) is 0 Å². The van der Waals surface area contributed by atoms with Crippen LogP contribution in [0.3, 0.4) is 0 Å². The molecule has 0 aliphatic heterocycles. The second kappa shape index (κ2) is 21.8. The van der Waals surface area contributed by atoms with Crippen molar-refractivity contribution in [2.45, 2.75) is 53.4 Å². The van der Waals surface area contributed by atoms with E-state index in [0.29, 0.717) is 0 Å². The van der Waals surface area contributed by atoms with Crippen LogP contribution in [-0.2, 0) is 25.7 Å². The minimum absolute atomic E-state index is 0.349. The molecule has 0 spiro atoms. The lowest BCUT2D eigenvalue weighted by atomic mass is 9.88. The van der Waals surface area contributed by atoms with Gasteiger partial charge in [0.05, 0.1) is 22.7 Å². The Balaban J connectivity index is 1.32. The Kier molecular flexibility index (Phi) is 14.0. The number of para-hydroxylation sites is 4. The van der Waals surface area contributed by atoms with E-state index in [1.165, 1.54) is 48.5 Å². The van der Waals surface area contributed by atoms with Gasteiger partial charge in [0, 0.05) is 77.8 Å². The average molecular weight is 1060 g/mol. The number of anilines is 12. The van der Waals surface area contributed by atoms with Crippen LogP contribution in [0.4, 0.5) is 85.8 Å². The van der Waals surface area contributed by atoms with Gasteiger partial charge in [0.25, 0.3) is 0 Å². The molecule has 0 saturated heterocycles. The standard InChI is InChI=1S/C72H58F4N4/c1-5-47-17-9-13-21-63(47)77(55-33-25-51(73)26-34-55)67-45-68(78(56-35-27-52(74)28-36-56)64-22-14-10-18-48(64)6-2)60-43-44-62-70(80(58-39-31-54(76)32-40-58)66-24-16-12-20-50(66)8-4)46-69(61-42-41-59(67)71(60)72(61)62)79(57-37-29-53(75)30-38-57)65-23-15-11-19-49(65)7-3/h9-46H,5-8H2,1-4H3. The molecule has 0 unspecified atom stereocenters. The summed E-state index contributed by atoms with van der Waals surface area (Å²) in [5.41, 5.74) is 14.5. The molecule has 0 aliphatic carbocycles. The lowest BCUT2D eigenvalue weighted by Gasteiger charge is -2.35. The molecule has 0 bridgehead atoms. The minimum Gasteiger partial charge on any atom is -0.310 e. The molecular formula is C72H58F4N4. The summed E-state index contributed by atoms with van der Waals surface area (Å²) < 4.78 is 60.8. The first-order chi connectivity index (χ1) is 39.2. The molecule has 0 radical (unpaired) electrons. The number of hydrogen-bond acceptors (Lipinski definition) is 4. The Morgan fingerprint density at radius 2 is 0.438 bits per heavy atom. The molecule has 12 aromatic rings. The summed E-state index contributed by atoms with van der Waals surface area (Å²) in [5, 5.41) is 5.59. The second-order valence-corrected chi connectivity index (χ2v) is 20.1. The van der Waals surface area contributed by atoms with Crippen molar-refractivity contribution in [1.29, 1.82) is 0 Å². The SMILES string of the molecule is CCc1ccccc1N(c1ccc(F)cc1)c1cc(N(c2ccc(F)cc2)c2ccccc2CC)c2ccc3c(N(c4ccc(F)cc4)c4ccccc4CC)cc(N(c4ccc(F)cc4)c4ccccc4CC)c4ccc1c2c43. The molecule has 0 aliphatic rings. The van der Waals surface area contributed by atoms with Crippen LogP contribution in [0.5, 0.6) is 0 Å². The molecule has 4 nitrogen and oxygen atoms in total. The third-order valence-corrected chi connectivity index (χ3v) is 15.6. The molecule has 80 heavy (non-hydrogen) atoms. The lowest BCUT2D eigenvalue weighted by molar-refractivity contribution is 0.627. The fourth-order valence-electron chi connectivity index (χ4n) is 11.8. The van der Waals surface area contributed by atoms with Crippen LogP contribution in [0.2, 0.25) is 0 Å². The van der Waals surface area contributed by atoms with E-state index in [4.69, 9.17) is 0 Å². The number of benzene rings is 12. The summed E-state index contributed by atoms with van der Waals surface area (Å²) in [4.78, 5) is 8.98. The topological polar surface area (TPSA) is 13.0 Å². The van der Waals surface area contributed by atoms with Crippen molar-refractivity contribution in [2.24, 2.45) is 0 Å². The Labute approximate surface area is 465 Å². The van der Waals surface area contributed by atoms with Crippen molar-refractivity contribution in [3.8, 4) is 0 Å². The van der Waals surface area contributed by atoms with Gasteiger partial charge in [-0.1, -0.05) is 125 Å². The molecule has 12 aromatic carbocycles. The van der Waals surface area contributed by atoms with E-state index >= 15 is 17.6 Å². The fraction of sp³-hybridized carbons (Fsp3) is 0.111. The van der Waals surface area contributed by atoms with E-state index < -0.39 is 0 Å². The van der Waals surface area contributed by atoms with Crippen molar-refractivity contribution >= 4 is 101 Å². The highest BCUT2D eigenvalue weighted by atomic mass is 19.1. The molecule has 0 saturated carbocycles. The summed E-state index contributed by atoms with van der Waals surface area (Å²) in [6.07, 6.45) is 2.90. The number of nitrogens with zero attached hydrogens (tertiary/aromatic N) is 4. The highest BCUT2D eigenvalue weighted by Crippen LogP contribution is 2.56. The van der Waals surface area contributed by atoms with Crippen molar-refractivity contribution in [1.82, 2.24) is 0 Å². The number of hydrogen-bond donors (Lipinski definition) is 0. The Hall–Kier alpha value is -9.40. The normalized spacial score (nSPS) is 11.4. The number of rotatable bonds is 16. The fourth-order valence-corrected chi connectivity index (χ4v) is 11.8. The Bertz CT molecular complexity index is 3650. The third kappa shape index (κ3) is 9.20. The molecule has 0 fully saturated rings. The van der Waals surface area contributed by atoms with Crippen molar-refractivity contribution in [3.05, 3.63) is 276 Å². The van der Waals surface area contributed by atoms with Gasteiger partial charge >= 0.3 is 0 Å². The summed E-state index contributed by atoms with van der Waals surface area (Å²) in [6, 6.07) is 73.4. The summed E-state index contributed by atoms with van der Waals surface area (Å²) in [7, 11) is 0. The molecule has 0 amide bonds. The van der Waals surface area contributed by atoms with E-state index in [9.17, 15) is 0 Å². The van der Waals surface area contributed by atoms with Crippen molar-refractivity contribution in [2.75, 3.05) is 19.6 Å². The number of aryl methyl sites for hydroxylation is 4. The average Bonchev–Trinajstić information content (AvgIpc) is 2.72. The molecule has 0 heterocycles. The highest BCUT2D eigenvalue weighted by Gasteiger charge is 2.31. The van der Waals surface area contributed by atoms with E-state index in [1.54, 1.807) is 0 Å². The predicted molar refractivity (Wildman–Crippen MR) is 326 cm³/mol. The molecular weight excluding hydrogens is 997 g/mol. The summed E-state index contributed by atoms with van der Waals surface area (Å²) in [5.74, 6) is -1.40. The van der Waals surface area contributed by atoms with Crippen LogP contribution < -0.4 is 19.6 Å². The zero-order chi connectivity index (χ0) is 55.0. The summed E-state index contributed by atoms with van der Waals surface area (Å²) >= 11 is 0. The van der Waals surface area contributed by atoms with E-state index in [0.717, 1.165) is 149 Å². The Morgan fingerprint density at radius 3 is 0.637 bits per heavy atom. The maximum Gasteiger partial charge on any atom is 0.123 e. The van der Waals surface area contributed by atoms with E-state index in [-0.39, 0.29) is 23.3 Å². The molecule has 0 N–H and O–H groups in total. The Morgan fingerprint density at radius 1 is 0.237 bits per heavy atom. The van der Waals surface area contributed by atoms with Gasteiger partial charge < -0.3 is 19.6 Å². The van der Waals surface area contributed by atoms with Crippen molar-refractivity contribution < 1.29 is 17.6 Å². The first-order valence-electron chi connectivity index (χ1n) is 27.5. The first kappa shape index (κ1) is 51.4. The van der Waals surface area contributed by atoms with Crippen LogP contribution >= 0.6 is 0 Å². The van der Waals surface area contributed by atoms with E-state index in [2.05, 4.69) is 156 Å². The third-order valence-electron chi connectivity index (χ3n) is 15.6. The maximum absolute atomic E-state index is 15.2. The number of halogens is 4.